The number of benzene rings is 2. The van der Waals surface area contributed by atoms with Crippen molar-refractivity contribution in [2.75, 3.05) is 7.05 Å². The zero-order valence-corrected chi connectivity index (χ0v) is 12.1. The molecule has 1 nitrogen and oxygen atoms in total. The molecule has 0 aliphatic rings. The van der Waals surface area contributed by atoms with Gasteiger partial charge in [0.2, 0.25) is 0 Å². The maximum atomic E-state index is 13.8. The Morgan fingerprint density at radius 2 is 1.95 bits per heavy atom. The van der Waals surface area contributed by atoms with Crippen LogP contribution in [0.25, 0.3) is 0 Å². The zero-order valence-electron chi connectivity index (χ0n) is 11.4. The number of nitrogens with one attached hydrogen (secondary N) is 1. The van der Waals surface area contributed by atoms with Crippen molar-refractivity contribution in [3.8, 4) is 0 Å². The number of aryl methyl sites for hydroxylation is 1. The molecule has 1 unspecified atom stereocenters. The van der Waals surface area contributed by atoms with E-state index in [0.29, 0.717) is 17.0 Å². The summed E-state index contributed by atoms with van der Waals surface area (Å²) in [6.45, 7) is 1.95. The minimum Gasteiger partial charge on any atom is -0.313 e. The second kappa shape index (κ2) is 6.33. The Hall–Kier alpha value is -1.45. The number of hydrogen-bond donors (Lipinski definition) is 1. The Morgan fingerprint density at radius 3 is 2.60 bits per heavy atom. The number of likely N-dealkylation sites (N-methyl/N-ethyl adjacent to an activating group) is 1. The Labute approximate surface area is 122 Å². The van der Waals surface area contributed by atoms with Crippen LogP contribution in [0.3, 0.4) is 0 Å². The van der Waals surface area contributed by atoms with Crippen LogP contribution in [0.1, 0.15) is 22.7 Å². The average molecular weight is 296 g/mol. The highest BCUT2D eigenvalue weighted by Crippen LogP contribution is 2.25. The molecule has 0 aliphatic heterocycles. The lowest BCUT2D eigenvalue weighted by Gasteiger charge is -2.19. The van der Waals surface area contributed by atoms with Crippen LogP contribution in [-0.4, -0.2) is 7.05 Å². The van der Waals surface area contributed by atoms with Gasteiger partial charge >= 0.3 is 0 Å². The Balaban J connectivity index is 2.31. The van der Waals surface area contributed by atoms with Gasteiger partial charge in [0.25, 0.3) is 0 Å². The Morgan fingerprint density at radius 1 is 1.20 bits per heavy atom. The van der Waals surface area contributed by atoms with E-state index in [0.717, 1.165) is 17.2 Å². The summed E-state index contributed by atoms with van der Waals surface area (Å²) in [5.41, 5.74) is 2.41. The van der Waals surface area contributed by atoms with E-state index in [4.69, 9.17) is 11.6 Å². The van der Waals surface area contributed by atoms with Gasteiger partial charge in [0.15, 0.2) is 11.6 Å². The number of rotatable bonds is 4. The summed E-state index contributed by atoms with van der Waals surface area (Å²) in [5, 5.41) is 3.81. The highest BCUT2D eigenvalue weighted by Gasteiger charge is 2.16. The monoisotopic (exact) mass is 295 g/mol. The van der Waals surface area contributed by atoms with Crippen molar-refractivity contribution < 1.29 is 8.78 Å². The Kier molecular flexibility index (Phi) is 4.73. The lowest BCUT2D eigenvalue weighted by Crippen LogP contribution is -2.20. The standard InChI is InChI=1S/C16H16ClF2N/c1-10-8-12(17)6-7-13(10)15(20-2)9-11-4-3-5-14(18)16(11)19/h3-8,15,20H,9H2,1-2H3. The van der Waals surface area contributed by atoms with Crippen LogP contribution >= 0.6 is 11.6 Å². The summed E-state index contributed by atoms with van der Waals surface area (Å²) in [4.78, 5) is 0. The van der Waals surface area contributed by atoms with Crippen molar-refractivity contribution >= 4 is 11.6 Å². The van der Waals surface area contributed by atoms with Crippen LogP contribution in [0.5, 0.6) is 0 Å². The van der Waals surface area contributed by atoms with Crippen molar-refractivity contribution in [1.29, 1.82) is 0 Å². The fraction of sp³-hybridized carbons (Fsp3) is 0.250. The highest BCUT2D eigenvalue weighted by atomic mass is 35.5. The third kappa shape index (κ3) is 3.17. The van der Waals surface area contributed by atoms with Gasteiger partial charge in [-0.1, -0.05) is 29.8 Å². The van der Waals surface area contributed by atoms with Gasteiger partial charge in [-0.15, -0.1) is 0 Å². The third-order valence-corrected chi connectivity index (χ3v) is 3.65. The van der Waals surface area contributed by atoms with Gasteiger partial charge in [0.1, 0.15) is 0 Å². The number of hydrogen-bond acceptors (Lipinski definition) is 1. The van der Waals surface area contributed by atoms with Crippen molar-refractivity contribution in [3.05, 3.63) is 69.7 Å². The molecule has 2 aromatic rings. The molecule has 0 spiro atoms. The molecular formula is C16H16ClF2N. The van der Waals surface area contributed by atoms with E-state index in [1.165, 1.54) is 6.07 Å². The van der Waals surface area contributed by atoms with Crippen LogP contribution in [0.2, 0.25) is 5.02 Å². The fourth-order valence-electron chi connectivity index (χ4n) is 2.32. The van der Waals surface area contributed by atoms with E-state index in [1.54, 1.807) is 19.2 Å². The van der Waals surface area contributed by atoms with E-state index < -0.39 is 11.6 Å². The topological polar surface area (TPSA) is 12.0 Å². The molecule has 4 heteroatoms. The second-order valence-corrected chi connectivity index (χ2v) is 5.20. The summed E-state index contributed by atoms with van der Waals surface area (Å²) in [5.74, 6) is -1.59. The first-order valence-electron chi connectivity index (χ1n) is 6.39. The lowest BCUT2D eigenvalue weighted by molar-refractivity contribution is 0.486. The van der Waals surface area contributed by atoms with Gasteiger partial charge in [0.05, 0.1) is 0 Å². The molecule has 0 saturated heterocycles. The van der Waals surface area contributed by atoms with Crippen molar-refractivity contribution in [3.63, 3.8) is 0 Å². The van der Waals surface area contributed by atoms with Gasteiger partial charge in [0, 0.05) is 11.1 Å². The molecule has 1 atom stereocenters. The molecule has 106 valence electrons. The molecule has 2 rings (SSSR count). The van der Waals surface area contributed by atoms with Gasteiger partial charge in [-0.05, 0) is 55.3 Å². The molecule has 0 heterocycles. The van der Waals surface area contributed by atoms with Crippen molar-refractivity contribution in [2.45, 2.75) is 19.4 Å². The van der Waals surface area contributed by atoms with Gasteiger partial charge in [-0.25, -0.2) is 8.78 Å². The van der Waals surface area contributed by atoms with E-state index in [1.807, 2.05) is 19.1 Å². The first-order chi connectivity index (χ1) is 9.52. The maximum absolute atomic E-state index is 13.8. The molecule has 0 bridgehead atoms. The summed E-state index contributed by atoms with van der Waals surface area (Å²) in [7, 11) is 1.80. The first kappa shape index (κ1) is 14.9. The van der Waals surface area contributed by atoms with Crippen LogP contribution < -0.4 is 5.32 Å². The SMILES string of the molecule is CNC(Cc1cccc(F)c1F)c1ccc(Cl)cc1C. The molecular weight excluding hydrogens is 280 g/mol. The van der Waals surface area contributed by atoms with E-state index >= 15 is 0 Å². The minimum atomic E-state index is -0.815. The predicted molar refractivity (Wildman–Crippen MR) is 78.1 cm³/mol. The average Bonchev–Trinajstić information content (AvgIpc) is 2.41. The van der Waals surface area contributed by atoms with Gasteiger partial charge in [-0.2, -0.15) is 0 Å². The summed E-state index contributed by atoms with van der Waals surface area (Å²) >= 11 is 5.94. The van der Waals surface area contributed by atoms with Crippen LogP contribution in [-0.2, 0) is 6.42 Å². The molecule has 0 radical (unpaired) electrons. The van der Waals surface area contributed by atoms with Gasteiger partial charge < -0.3 is 5.32 Å². The van der Waals surface area contributed by atoms with Gasteiger partial charge in [-0.3, -0.25) is 0 Å². The molecule has 0 saturated carbocycles. The van der Waals surface area contributed by atoms with Crippen molar-refractivity contribution in [1.82, 2.24) is 5.32 Å². The predicted octanol–water partition coefficient (Wildman–Crippen LogP) is 4.43. The van der Waals surface area contributed by atoms with E-state index in [9.17, 15) is 8.78 Å². The lowest BCUT2D eigenvalue weighted by atomic mass is 9.95. The normalized spacial score (nSPS) is 12.4. The fourth-order valence-corrected chi connectivity index (χ4v) is 2.55. The first-order valence-corrected chi connectivity index (χ1v) is 6.77. The molecule has 0 amide bonds. The van der Waals surface area contributed by atoms with Crippen LogP contribution in [0.15, 0.2) is 36.4 Å². The van der Waals surface area contributed by atoms with E-state index in [2.05, 4.69) is 5.32 Å². The molecule has 1 N–H and O–H groups in total. The smallest absolute Gasteiger partial charge is 0.162 e. The molecule has 2 aromatic carbocycles. The summed E-state index contributed by atoms with van der Waals surface area (Å²) in [6, 6.07) is 9.74. The zero-order chi connectivity index (χ0) is 14.7. The van der Waals surface area contributed by atoms with Crippen LogP contribution in [0, 0.1) is 18.6 Å². The molecule has 0 fully saturated rings. The van der Waals surface area contributed by atoms with Crippen LogP contribution in [0.4, 0.5) is 8.78 Å². The highest BCUT2D eigenvalue weighted by molar-refractivity contribution is 6.30. The number of halogens is 3. The maximum Gasteiger partial charge on any atom is 0.162 e. The molecule has 20 heavy (non-hydrogen) atoms. The minimum absolute atomic E-state index is 0.0939. The third-order valence-electron chi connectivity index (χ3n) is 3.41. The Bertz CT molecular complexity index is 613. The second-order valence-electron chi connectivity index (χ2n) is 4.76. The van der Waals surface area contributed by atoms with E-state index in [-0.39, 0.29) is 6.04 Å². The summed E-state index contributed by atoms with van der Waals surface area (Å²) in [6.07, 6.45) is 0.378. The molecule has 0 aliphatic carbocycles. The largest absolute Gasteiger partial charge is 0.313 e. The summed E-state index contributed by atoms with van der Waals surface area (Å²) < 4.78 is 27.0. The quantitative estimate of drug-likeness (QED) is 0.880. The van der Waals surface area contributed by atoms with Crippen molar-refractivity contribution in [2.24, 2.45) is 0 Å². The molecule has 0 aromatic heterocycles.